The van der Waals surface area contributed by atoms with E-state index < -0.39 is 5.60 Å². The van der Waals surface area contributed by atoms with E-state index in [4.69, 9.17) is 9.47 Å². The normalized spacial score (nSPS) is 13.6. The molecule has 0 aliphatic heterocycles. The summed E-state index contributed by atoms with van der Waals surface area (Å²) in [6.45, 7) is 15.5. The first kappa shape index (κ1) is 21.5. The smallest absolute Gasteiger partial charge is 0.256 e. The minimum atomic E-state index is -0.792. The molecule has 4 heteroatoms. The number of benzene rings is 1. The lowest BCUT2D eigenvalue weighted by Gasteiger charge is -2.28. The van der Waals surface area contributed by atoms with Gasteiger partial charge in [0.15, 0.2) is 0 Å². The second-order valence-electron chi connectivity index (χ2n) is 7.43. The van der Waals surface area contributed by atoms with Crippen molar-refractivity contribution in [2.45, 2.75) is 73.3 Å². The Bertz CT molecular complexity index is 545. The highest BCUT2D eigenvalue weighted by Crippen LogP contribution is 2.29. The van der Waals surface area contributed by atoms with Crippen molar-refractivity contribution in [2.24, 2.45) is 5.92 Å². The molecular weight excluding hydrogens is 314 g/mol. The minimum absolute atomic E-state index is 0.0857. The summed E-state index contributed by atoms with van der Waals surface area (Å²) in [6, 6.07) is 3.93. The van der Waals surface area contributed by atoms with Gasteiger partial charge in [-0.05, 0) is 62.8 Å². The molecule has 0 radical (unpaired) electrons. The zero-order valence-electron chi connectivity index (χ0n) is 17.0. The molecule has 4 nitrogen and oxygen atoms in total. The van der Waals surface area contributed by atoms with Gasteiger partial charge in [-0.2, -0.15) is 0 Å². The van der Waals surface area contributed by atoms with Crippen molar-refractivity contribution in [1.29, 1.82) is 0 Å². The molecule has 0 unspecified atom stereocenters. The van der Waals surface area contributed by atoms with Crippen molar-refractivity contribution in [1.82, 2.24) is 0 Å². The molecule has 25 heavy (non-hydrogen) atoms. The molecule has 0 bridgehead atoms. The summed E-state index contributed by atoms with van der Waals surface area (Å²) in [4.78, 5) is 12.8. The molecule has 0 saturated carbocycles. The van der Waals surface area contributed by atoms with Crippen LogP contribution < -0.4 is 10.1 Å². The Morgan fingerprint density at radius 2 is 1.76 bits per heavy atom. The number of amides is 1. The molecule has 0 saturated heterocycles. The van der Waals surface area contributed by atoms with Crippen molar-refractivity contribution in [2.75, 3.05) is 18.5 Å². The first-order valence-corrected chi connectivity index (χ1v) is 9.43. The maximum atomic E-state index is 12.8. The van der Waals surface area contributed by atoms with Gasteiger partial charge in [0.25, 0.3) is 5.91 Å². The number of hydrogen-bond donors (Lipinski definition) is 1. The highest BCUT2D eigenvalue weighted by molar-refractivity contribution is 5.97. The zero-order chi connectivity index (χ0) is 19.0. The van der Waals surface area contributed by atoms with Crippen molar-refractivity contribution in [3.8, 4) is 5.75 Å². The van der Waals surface area contributed by atoms with E-state index in [1.54, 1.807) is 0 Å². The standard InChI is InChI=1S/C21H35NO3/c1-8-10-21(7,25-11-9-2)20(23)22-18-12-16(5)19(17(6)13-18)24-14-15(3)4/h12-13,15H,8-11,14H2,1-7H3,(H,22,23)/t21-/m0/s1. The zero-order valence-corrected chi connectivity index (χ0v) is 17.0. The van der Waals surface area contributed by atoms with E-state index in [0.717, 1.165) is 35.4 Å². The van der Waals surface area contributed by atoms with Gasteiger partial charge in [0.1, 0.15) is 11.4 Å². The average Bonchev–Trinajstić information content (AvgIpc) is 2.52. The monoisotopic (exact) mass is 349 g/mol. The molecule has 0 aliphatic rings. The van der Waals surface area contributed by atoms with Gasteiger partial charge in [-0.15, -0.1) is 0 Å². The Kier molecular flexibility index (Phi) is 8.43. The van der Waals surface area contributed by atoms with Crippen LogP contribution in [0.25, 0.3) is 0 Å². The number of ether oxygens (including phenoxy) is 2. The maximum Gasteiger partial charge on any atom is 0.256 e. The second-order valence-corrected chi connectivity index (χ2v) is 7.43. The molecule has 142 valence electrons. The molecule has 1 atom stereocenters. The molecule has 0 heterocycles. The largest absolute Gasteiger partial charge is 0.493 e. The van der Waals surface area contributed by atoms with Crippen LogP contribution >= 0.6 is 0 Å². The van der Waals surface area contributed by atoms with Crippen LogP contribution in [0.1, 0.15) is 65.0 Å². The first-order valence-electron chi connectivity index (χ1n) is 9.43. The fraction of sp³-hybridized carbons (Fsp3) is 0.667. The number of rotatable bonds is 10. The SMILES string of the molecule is CCCO[C@@](C)(CCC)C(=O)Nc1cc(C)c(OCC(C)C)c(C)c1. The molecule has 1 amide bonds. The lowest BCUT2D eigenvalue weighted by Crippen LogP contribution is -2.43. The first-order chi connectivity index (χ1) is 11.7. The molecule has 1 rings (SSSR count). The van der Waals surface area contributed by atoms with Crippen LogP contribution in [0.2, 0.25) is 0 Å². The Morgan fingerprint density at radius 3 is 2.24 bits per heavy atom. The highest BCUT2D eigenvalue weighted by atomic mass is 16.5. The average molecular weight is 350 g/mol. The van der Waals surface area contributed by atoms with E-state index in [1.807, 2.05) is 39.8 Å². The molecular formula is C21H35NO3. The van der Waals surface area contributed by atoms with Crippen LogP contribution in [0.3, 0.4) is 0 Å². The number of anilines is 1. The van der Waals surface area contributed by atoms with Gasteiger partial charge in [0.2, 0.25) is 0 Å². The minimum Gasteiger partial charge on any atom is -0.493 e. The summed E-state index contributed by atoms with van der Waals surface area (Å²) < 4.78 is 11.8. The molecule has 0 fully saturated rings. The molecule has 0 aromatic heterocycles. The van der Waals surface area contributed by atoms with Crippen LogP contribution in [0.4, 0.5) is 5.69 Å². The molecule has 1 N–H and O–H groups in total. The van der Waals surface area contributed by atoms with Crippen molar-refractivity contribution >= 4 is 11.6 Å². The third-order valence-corrected chi connectivity index (χ3v) is 4.11. The summed E-state index contributed by atoms with van der Waals surface area (Å²) in [5.74, 6) is 1.30. The summed E-state index contributed by atoms with van der Waals surface area (Å²) in [5.41, 5.74) is 2.06. The van der Waals surface area contributed by atoms with E-state index in [1.165, 1.54) is 0 Å². The van der Waals surface area contributed by atoms with Gasteiger partial charge in [0.05, 0.1) is 6.61 Å². The van der Waals surface area contributed by atoms with Crippen molar-refractivity contribution in [3.63, 3.8) is 0 Å². The lowest BCUT2D eigenvalue weighted by atomic mass is 9.98. The van der Waals surface area contributed by atoms with Gasteiger partial charge in [-0.25, -0.2) is 0 Å². The van der Waals surface area contributed by atoms with Gasteiger partial charge < -0.3 is 14.8 Å². The van der Waals surface area contributed by atoms with Crippen molar-refractivity contribution < 1.29 is 14.3 Å². The third kappa shape index (κ3) is 6.35. The number of carbonyl (C=O) groups is 1. The van der Waals surface area contributed by atoms with E-state index >= 15 is 0 Å². The van der Waals surface area contributed by atoms with E-state index in [9.17, 15) is 4.79 Å². The van der Waals surface area contributed by atoms with Crippen LogP contribution in [-0.4, -0.2) is 24.7 Å². The van der Waals surface area contributed by atoms with E-state index in [0.29, 0.717) is 25.6 Å². The van der Waals surface area contributed by atoms with Crippen LogP contribution in [0.5, 0.6) is 5.75 Å². The summed E-state index contributed by atoms with van der Waals surface area (Å²) in [6.07, 6.45) is 2.49. The summed E-state index contributed by atoms with van der Waals surface area (Å²) >= 11 is 0. The number of aryl methyl sites for hydroxylation is 2. The summed E-state index contributed by atoms with van der Waals surface area (Å²) in [5, 5.41) is 3.03. The van der Waals surface area contributed by atoms with E-state index in [2.05, 4.69) is 26.1 Å². The molecule has 0 aliphatic carbocycles. The van der Waals surface area contributed by atoms with E-state index in [-0.39, 0.29) is 5.91 Å². The quantitative estimate of drug-likeness (QED) is 0.626. The van der Waals surface area contributed by atoms with Gasteiger partial charge in [-0.1, -0.05) is 34.1 Å². The number of nitrogens with one attached hydrogen (secondary N) is 1. The lowest BCUT2D eigenvalue weighted by molar-refractivity contribution is -0.140. The Hall–Kier alpha value is -1.55. The molecule has 1 aromatic rings. The Morgan fingerprint density at radius 1 is 1.16 bits per heavy atom. The topological polar surface area (TPSA) is 47.6 Å². The van der Waals surface area contributed by atoms with Crippen molar-refractivity contribution in [3.05, 3.63) is 23.3 Å². The van der Waals surface area contributed by atoms with Crippen LogP contribution in [0, 0.1) is 19.8 Å². The van der Waals surface area contributed by atoms with Gasteiger partial charge in [0, 0.05) is 12.3 Å². The van der Waals surface area contributed by atoms with Crippen LogP contribution in [-0.2, 0) is 9.53 Å². The third-order valence-electron chi connectivity index (χ3n) is 4.11. The highest BCUT2D eigenvalue weighted by Gasteiger charge is 2.33. The van der Waals surface area contributed by atoms with Crippen LogP contribution in [0.15, 0.2) is 12.1 Å². The predicted molar refractivity (Wildman–Crippen MR) is 104 cm³/mol. The predicted octanol–water partition coefficient (Wildman–Crippen LogP) is 5.26. The Balaban J connectivity index is 2.92. The number of hydrogen-bond acceptors (Lipinski definition) is 3. The molecule has 1 aromatic carbocycles. The van der Waals surface area contributed by atoms with Gasteiger partial charge in [-0.3, -0.25) is 4.79 Å². The fourth-order valence-electron chi connectivity index (χ4n) is 2.82. The second kappa shape index (κ2) is 9.81. The molecule has 0 spiro atoms. The number of carbonyl (C=O) groups excluding carboxylic acids is 1. The fourth-order valence-corrected chi connectivity index (χ4v) is 2.82. The van der Waals surface area contributed by atoms with Gasteiger partial charge >= 0.3 is 0 Å². The Labute approximate surface area is 153 Å². The maximum absolute atomic E-state index is 12.8. The summed E-state index contributed by atoms with van der Waals surface area (Å²) in [7, 11) is 0.